The lowest BCUT2D eigenvalue weighted by Gasteiger charge is -2.33. The Morgan fingerprint density at radius 2 is 1.97 bits per heavy atom. The molecule has 32 heavy (non-hydrogen) atoms. The van der Waals surface area contributed by atoms with E-state index in [1.54, 1.807) is 0 Å². The van der Waals surface area contributed by atoms with Gasteiger partial charge in [-0.15, -0.1) is 24.0 Å². The van der Waals surface area contributed by atoms with E-state index in [9.17, 15) is 4.79 Å². The van der Waals surface area contributed by atoms with Crippen LogP contribution in [-0.4, -0.2) is 87.9 Å². The van der Waals surface area contributed by atoms with Gasteiger partial charge in [0.2, 0.25) is 0 Å². The van der Waals surface area contributed by atoms with Crippen LogP contribution in [-0.2, 0) is 20.8 Å². The maximum absolute atomic E-state index is 11.8. The second kappa shape index (κ2) is 14.5. The number of nitrogens with zero attached hydrogens (tertiary/aromatic N) is 3. The van der Waals surface area contributed by atoms with E-state index in [4.69, 9.17) is 19.2 Å². The first kappa shape index (κ1) is 26.7. The van der Waals surface area contributed by atoms with E-state index in [-0.39, 0.29) is 35.9 Å². The number of benzene rings is 1. The molecule has 9 heteroatoms. The molecule has 2 aliphatic rings. The second-order valence-corrected chi connectivity index (χ2v) is 7.90. The topological polar surface area (TPSA) is 75.6 Å². The van der Waals surface area contributed by atoms with E-state index in [2.05, 4.69) is 34.2 Å². The summed E-state index contributed by atoms with van der Waals surface area (Å²) in [6.45, 7) is 10.2. The number of carbonyl (C=O) groups is 1. The van der Waals surface area contributed by atoms with Gasteiger partial charge in [-0.25, -0.2) is 4.99 Å². The molecule has 0 aliphatic carbocycles. The Morgan fingerprint density at radius 1 is 1.22 bits per heavy atom. The van der Waals surface area contributed by atoms with Gasteiger partial charge in [0.15, 0.2) is 5.96 Å². The van der Waals surface area contributed by atoms with Crippen molar-refractivity contribution >= 4 is 35.9 Å². The molecule has 0 unspecified atom stereocenters. The molecular weight excluding hydrogens is 523 g/mol. The molecule has 2 saturated heterocycles. The molecule has 1 aromatic carbocycles. The molecular formula is C23H37IN4O4. The SMILES string of the molecule is CCNC(=NCc1cccc(OCCN2CCOCC2)c1)N1CCC(C(=O)OC)CC1.I. The number of ether oxygens (including phenoxy) is 3. The number of halogens is 1. The van der Waals surface area contributed by atoms with Crippen molar-refractivity contribution in [2.24, 2.45) is 10.9 Å². The van der Waals surface area contributed by atoms with Crippen LogP contribution in [0, 0.1) is 5.92 Å². The normalized spacial score (nSPS) is 18.1. The molecule has 0 spiro atoms. The minimum absolute atomic E-state index is 0. The van der Waals surface area contributed by atoms with Crippen LogP contribution in [0.4, 0.5) is 0 Å². The van der Waals surface area contributed by atoms with Crippen LogP contribution in [0.5, 0.6) is 5.75 Å². The lowest BCUT2D eigenvalue weighted by molar-refractivity contribution is -0.146. The predicted molar refractivity (Wildman–Crippen MR) is 136 cm³/mol. The smallest absolute Gasteiger partial charge is 0.308 e. The van der Waals surface area contributed by atoms with Crippen molar-refractivity contribution in [3.63, 3.8) is 0 Å². The first-order chi connectivity index (χ1) is 15.2. The Labute approximate surface area is 208 Å². The molecule has 0 radical (unpaired) electrons. The van der Waals surface area contributed by atoms with E-state index in [1.165, 1.54) is 7.11 Å². The summed E-state index contributed by atoms with van der Waals surface area (Å²) < 4.78 is 16.2. The predicted octanol–water partition coefficient (Wildman–Crippen LogP) is 2.37. The minimum atomic E-state index is -0.105. The van der Waals surface area contributed by atoms with Crippen LogP contribution < -0.4 is 10.1 Å². The third kappa shape index (κ3) is 8.40. The standard InChI is InChI=1S/C23H36N4O4.HI/c1-3-24-23(27-9-7-20(8-10-27)22(28)29-2)25-18-19-5-4-6-21(17-19)31-16-13-26-11-14-30-15-12-26;/h4-6,17,20H,3,7-16,18H2,1-2H3,(H,24,25);1H. The number of nitrogens with one attached hydrogen (secondary N) is 1. The average molecular weight is 560 g/mol. The Morgan fingerprint density at radius 3 is 2.66 bits per heavy atom. The van der Waals surface area contributed by atoms with E-state index < -0.39 is 0 Å². The summed E-state index contributed by atoms with van der Waals surface area (Å²) in [7, 11) is 1.46. The van der Waals surface area contributed by atoms with E-state index in [0.29, 0.717) is 13.2 Å². The quantitative estimate of drug-likeness (QED) is 0.227. The fraction of sp³-hybridized carbons (Fsp3) is 0.652. The number of likely N-dealkylation sites (tertiary alicyclic amines) is 1. The van der Waals surface area contributed by atoms with Gasteiger partial charge in [-0.1, -0.05) is 12.1 Å². The molecule has 8 nitrogen and oxygen atoms in total. The highest BCUT2D eigenvalue weighted by Gasteiger charge is 2.26. The molecule has 2 heterocycles. The first-order valence-electron chi connectivity index (χ1n) is 11.3. The van der Waals surface area contributed by atoms with Gasteiger partial charge >= 0.3 is 5.97 Å². The summed E-state index contributed by atoms with van der Waals surface area (Å²) >= 11 is 0. The largest absolute Gasteiger partial charge is 0.492 e. The van der Waals surface area contributed by atoms with Crippen molar-refractivity contribution in [3.05, 3.63) is 29.8 Å². The fourth-order valence-electron chi connectivity index (χ4n) is 3.94. The van der Waals surface area contributed by atoms with Crippen molar-refractivity contribution < 1.29 is 19.0 Å². The van der Waals surface area contributed by atoms with E-state index >= 15 is 0 Å². The van der Waals surface area contributed by atoms with Gasteiger partial charge in [-0.05, 0) is 37.5 Å². The van der Waals surface area contributed by atoms with Crippen molar-refractivity contribution in [3.8, 4) is 5.75 Å². The van der Waals surface area contributed by atoms with Crippen LogP contribution in [0.3, 0.4) is 0 Å². The number of morpholine rings is 1. The molecule has 0 aromatic heterocycles. The zero-order chi connectivity index (χ0) is 21.9. The number of aliphatic imine (C=N–C) groups is 1. The molecule has 2 fully saturated rings. The number of hydrogen-bond donors (Lipinski definition) is 1. The lowest BCUT2D eigenvalue weighted by atomic mass is 9.97. The molecule has 3 rings (SSSR count). The van der Waals surface area contributed by atoms with Crippen LogP contribution >= 0.6 is 24.0 Å². The molecule has 180 valence electrons. The number of rotatable bonds is 8. The monoisotopic (exact) mass is 560 g/mol. The summed E-state index contributed by atoms with van der Waals surface area (Å²) in [5.74, 6) is 1.66. The highest BCUT2D eigenvalue weighted by atomic mass is 127. The fourth-order valence-corrected chi connectivity index (χ4v) is 3.94. The van der Waals surface area contributed by atoms with Gasteiger partial charge in [0.05, 0.1) is 32.8 Å². The van der Waals surface area contributed by atoms with Gasteiger partial charge in [-0.3, -0.25) is 9.69 Å². The zero-order valence-electron chi connectivity index (χ0n) is 19.3. The average Bonchev–Trinajstić information content (AvgIpc) is 2.82. The van der Waals surface area contributed by atoms with E-state index in [1.807, 2.05) is 12.1 Å². The van der Waals surface area contributed by atoms with Crippen molar-refractivity contribution in [1.29, 1.82) is 0 Å². The van der Waals surface area contributed by atoms with Crippen molar-refractivity contribution in [1.82, 2.24) is 15.1 Å². The van der Waals surface area contributed by atoms with Gasteiger partial charge in [0, 0.05) is 39.3 Å². The second-order valence-electron chi connectivity index (χ2n) is 7.90. The van der Waals surface area contributed by atoms with Crippen molar-refractivity contribution in [2.45, 2.75) is 26.3 Å². The number of piperidine rings is 1. The van der Waals surface area contributed by atoms with Crippen LogP contribution in [0.25, 0.3) is 0 Å². The van der Waals surface area contributed by atoms with Gasteiger partial charge < -0.3 is 24.4 Å². The third-order valence-corrected chi connectivity index (χ3v) is 5.75. The van der Waals surface area contributed by atoms with E-state index in [0.717, 1.165) is 82.6 Å². The molecule has 0 bridgehead atoms. The van der Waals surface area contributed by atoms with Gasteiger partial charge in [0.1, 0.15) is 12.4 Å². The maximum atomic E-state index is 11.8. The lowest BCUT2D eigenvalue weighted by Crippen LogP contribution is -2.46. The molecule has 1 aromatic rings. The number of hydrogen-bond acceptors (Lipinski definition) is 6. The van der Waals surface area contributed by atoms with Crippen LogP contribution in [0.15, 0.2) is 29.3 Å². The molecule has 1 N–H and O–H groups in total. The van der Waals surface area contributed by atoms with Gasteiger partial charge in [0.25, 0.3) is 0 Å². The number of methoxy groups -OCH3 is 1. The van der Waals surface area contributed by atoms with Gasteiger partial charge in [-0.2, -0.15) is 0 Å². The maximum Gasteiger partial charge on any atom is 0.308 e. The number of esters is 1. The zero-order valence-corrected chi connectivity index (χ0v) is 21.6. The number of carbonyl (C=O) groups excluding carboxylic acids is 1. The Hall–Kier alpha value is -1.59. The molecule has 0 atom stereocenters. The van der Waals surface area contributed by atoms with Crippen LogP contribution in [0.2, 0.25) is 0 Å². The summed E-state index contributed by atoms with van der Waals surface area (Å²) in [6, 6.07) is 8.15. The molecule has 0 amide bonds. The highest BCUT2D eigenvalue weighted by molar-refractivity contribution is 14.0. The first-order valence-corrected chi connectivity index (χ1v) is 11.3. The molecule has 0 saturated carbocycles. The Balaban J connectivity index is 0.00000363. The van der Waals surface area contributed by atoms with Crippen molar-refractivity contribution in [2.75, 3.05) is 66.2 Å². The Kier molecular flexibility index (Phi) is 12.1. The summed E-state index contributed by atoms with van der Waals surface area (Å²) in [5.41, 5.74) is 1.11. The third-order valence-electron chi connectivity index (χ3n) is 5.75. The summed E-state index contributed by atoms with van der Waals surface area (Å²) in [5, 5.41) is 3.38. The molecule has 2 aliphatic heterocycles. The Bertz CT molecular complexity index is 720. The summed E-state index contributed by atoms with van der Waals surface area (Å²) in [6.07, 6.45) is 1.59. The highest BCUT2D eigenvalue weighted by Crippen LogP contribution is 2.19. The minimum Gasteiger partial charge on any atom is -0.492 e. The number of guanidine groups is 1. The summed E-state index contributed by atoms with van der Waals surface area (Å²) in [4.78, 5) is 21.2. The van der Waals surface area contributed by atoms with Crippen LogP contribution in [0.1, 0.15) is 25.3 Å².